The lowest BCUT2D eigenvalue weighted by Gasteiger charge is -2.51. The van der Waals surface area contributed by atoms with Gasteiger partial charge in [0, 0.05) is 39.3 Å². The SMILES string of the molecule is CC[C@]12C=CC(=S)N(CCSc3ccccc3)[C@H]1c1c(n(S(=O)(=O)c3ccc(OC)cc3)c3ccccc13)CC2. The molecule has 0 amide bonds. The molecule has 2 atom stereocenters. The van der Waals surface area contributed by atoms with Crippen molar-refractivity contribution >= 4 is 49.9 Å². The smallest absolute Gasteiger partial charge is 0.268 e. The fraction of sp³-hybridized carbons (Fsp3) is 0.281. The Labute approximate surface area is 245 Å². The van der Waals surface area contributed by atoms with E-state index in [9.17, 15) is 8.42 Å². The number of hydrogen-bond donors (Lipinski definition) is 0. The van der Waals surface area contributed by atoms with Crippen molar-refractivity contribution in [1.29, 1.82) is 0 Å². The van der Waals surface area contributed by atoms with Gasteiger partial charge in [0.15, 0.2) is 0 Å². The van der Waals surface area contributed by atoms with Gasteiger partial charge in [-0.2, -0.15) is 0 Å². The molecule has 0 bridgehead atoms. The highest BCUT2D eigenvalue weighted by Gasteiger charge is 2.49. The van der Waals surface area contributed by atoms with E-state index in [0.717, 1.165) is 46.8 Å². The number of ether oxygens (including phenoxy) is 1. The maximum Gasteiger partial charge on any atom is 0.268 e. The average Bonchev–Trinajstić information content (AvgIpc) is 3.34. The molecule has 0 saturated heterocycles. The second-order valence-electron chi connectivity index (χ2n) is 10.3. The van der Waals surface area contributed by atoms with E-state index in [4.69, 9.17) is 17.0 Å². The molecule has 0 fully saturated rings. The van der Waals surface area contributed by atoms with Gasteiger partial charge in [-0.1, -0.05) is 61.6 Å². The molecule has 6 rings (SSSR count). The first-order valence-electron chi connectivity index (χ1n) is 13.6. The predicted molar refractivity (Wildman–Crippen MR) is 167 cm³/mol. The van der Waals surface area contributed by atoms with Crippen LogP contribution in [0.25, 0.3) is 10.9 Å². The van der Waals surface area contributed by atoms with Crippen LogP contribution in [0.4, 0.5) is 0 Å². The molecule has 0 unspecified atom stereocenters. The number of thiocarbonyl (C=S) groups is 1. The summed E-state index contributed by atoms with van der Waals surface area (Å²) in [5, 5.41) is 0.982. The van der Waals surface area contributed by atoms with Crippen molar-refractivity contribution in [1.82, 2.24) is 8.87 Å². The first-order valence-corrected chi connectivity index (χ1v) is 16.4. The van der Waals surface area contributed by atoms with Crippen molar-refractivity contribution in [2.75, 3.05) is 19.4 Å². The Hall–Kier alpha value is -3.07. The first kappa shape index (κ1) is 27.1. The van der Waals surface area contributed by atoms with Crippen molar-refractivity contribution in [3.05, 3.63) is 102 Å². The van der Waals surface area contributed by atoms with Crippen LogP contribution >= 0.6 is 24.0 Å². The first-order chi connectivity index (χ1) is 19.4. The number of hydrogen-bond acceptors (Lipinski definition) is 5. The van der Waals surface area contributed by atoms with Crippen molar-refractivity contribution in [3.8, 4) is 5.75 Å². The Morgan fingerprint density at radius 3 is 2.48 bits per heavy atom. The molecule has 1 aliphatic carbocycles. The Morgan fingerprint density at radius 2 is 1.75 bits per heavy atom. The molecule has 1 aliphatic heterocycles. The number of rotatable bonds is 8. The van der Waals surface area contributed by atoms with E-state index in [1.165, 1.54) is 4.90 Å². The molecule has 3 aromatic carbocycles. The quantitative estimate of drug-likeness (QED) is 0.160. The summed E-state index contributed by atoms with van der Waals surface area (Å²) in [7, 11) is -2.27. The molecule has 2 aliphatic rings. The molecule has 4 aromatic rings. The maximum atomic E-state index is 14.2. The number of benzene rings is 3. The molecule has 8 heteroatoms. The Morgan fingerprint density at radius 1 is 1.02 bits per heavy atom. The number of methoxy groups -OCH3 is 1. The van der Waals surface area contributed by atoms with Gasteiger partial charge in [-0.05, 0) is 67.8 Å². The standard InChI is InChI=1S/C32H32N2O3S3/c1-3-32-19-17-28-30(31(32)33(29(38)18-20-32)21-22-39-24-9-5-4-6-10-24)26-11-7-8-12-27(26)34(28)40(35,36)25-15-13-23(37-2)14-16-25/h4-16,18,20,31H,3,17,19,21-22H2,1-2H3/t31-,32-/m0/s1. The fourth-order valence-electron chi connectivity index (χ4n) is 6.34. The highest BCUT2D eigenvalue weighted by molar-refractivity contribution is 7.99. The zero-order chi connectivity index (χ0) is 27.9. The van der Waals surface area contributed by atoms with E-state index in [1.807, 2.05) is 36.0 Å². The van der Waals surface area contributed by atoms with Gasteiger partial charge in [0.25, 0.3) is 10.0 Å². The lowest BCUT2D eigenvalue weighted by molar-refractivity contribution is 0.133. The van der Waals surface area contributed by atoms with Crippen LogP contribution in [0.15, 0.2) is 101 Å². The predicted octanol–water partition coefficient (Wildman–Crippen LogP) is 7.26. The minimum atomic E-state index is -3.85. The topological polar surface area (TPSA) is 51.5 Å². The number of fused-ring (bicyclic) bond motifs is 5. The molecular weight excluding hydrogens is 557 g/mol. The normalized spacial score (nSPS) is 20.4. The van der Waals surface area contributed by atoms with E-state index < -0.39 is 10.0 Å². The summed E-state index contributed by atoms with van der Waals surface area (Å²) < 4.78 is 35.3. The third kappa shape index (κ3) is 4.46. The summed E-state index contributed by atoms with van der Waals surface area (Å²) in [4.78, 5) is 4.64. The van der Waals surface area contributed by atoms with Gasteiger partial charge in [-0.3, -0.25) is 0 Å². The third-order valence-electron chi connectivity index (χ3n) is 8.37. The molecule has 40 heavy (non-hydrogen) atoms. The molecule has 0 spiro atoms. The van der Waals surface area contributed by atoms with Gasteiger partial charge in [-0.25, -0.2) is 12.4 Å². The van der Waals surface area contributed by atoms with E-state index in [2.05, 4.69) is 54.3 Å². The second-order valence-corrected chi connectivity index (χ2v) is 13.7. The molecule has 2 heterocycles. The molecule has 206 valence electrons. The van der Waals surface area contributed by atoms with E-state index in [-0.39, 0.29) is 16.4 Å². The van der Waals surface area contributed by atoms with Crippen LogP contribution in [0, 0.1) is 5.41 Å². The summed E-state index contributed by atoms with van der Waals surface area (Å²) >= 11 is 7.77. The van der Waals surface area contributed by atoms with Crippen molar-refractivity contribution in [2.24, 2.45) is 5.41 Å². The van der Waals surface area contributed by atoms with Crippen LogP contribution in [0.2, 0.25) is 0 Å². The van der Waals surface area contributed by atoms with Gasteiger partial charge in [0.1, 0.15) is 10.7 Å². The minimum Gasteiger partial charge on any atom is -0.497 e. The molecule has 0 radical (unpaired) electrons. The van der Waals surface area contributed by atoms with Gasteiger partial charge < -0.3 is 9.64 Å². The average molecular weight is 589 g/mol. The summed E-state index contributed by atoms with van der Waals surface area (Å²) in [6.07, 6.45) is 6.88. The lowest BCUT2D eigenvalue weighted by atomic mass is 9.65. The van der Waals surface area contributed by atoms with Crippen LogP contribution in [-0.2, 0) is 16.4 Å². The van der Waals surface area contributed by atoms with Crippen LogP contribution < -0.4 is 4.74 Å². The molecule has 0 saturated carbocycles. The summed E-state index contributed by atoms with van der Waals surface area (Å²) in [6.45, 7) is 3.01. The van der Waals surface area contributed by atoms with E-state index >= 15 is 0 Å². The van der Waals surface area contributed by atoms with Gasteiger partial charge in [-0.15, -0.1) is 11.8 Å². The Bertz CT molecular complexity index is 1690. The lowest BCUT2D eigenvalue weighted by Crippen LogP contribution is -2.48. The minimum absolute atomic E-state index is 0.0349. The van der Waals surface area contributed by atoms with Crippen LogP contribution in [-0.4, -0.2) is 41.7 Å². The van der Waals surface area contributed by atoms with Crippen molar-refractivity contribution in [2.45, 2.75) is 42.0 Å². The fourth-order valence-corrected chi connectivity index (χ4v) is 9.07. The zero-order valence-electron chi connectivity index (χ0n) is 22.6. The number of nitrogens with zero attached hydrogens (tertiary/aromatic N) is 2. The maximum absolute atomic E-state index is 14.2. The summed E-state index contributed by atoms with van der Waals surface area (Å²) in [5.41, 5.74) is 2.56. The zero-order valence-corrected chi connectivity index (χ0v) is 25.1. The number of para-hydroxylation sites is 1. The highest BCUT2D eigenvalue weighted by Crippen LogP contribution is 2.55. The third-order valence-corrected chi connectivity index (χ3v) is 11.5. The highest BCUT2D eigenvalue weighted by atomic mass is 32.2. The summed E-state index contributed by atoms with van der Waals surface area (Å²) in [5.74, 6) is 1.50. The Balaban J connectivity index is 1.49. The Kier molecular flexibility index (Phi) is 7.27. The van der Waals surface area contributed by atoms with E-state index in [0.29, 0.717) is 17.7 Å². The van der Waals surface area contributed by atoms with Gasteiger partial charge in [0.2, 0.25) is 0 Å². The van der Waals surface area contributed by atoms with Crippen LogP contribution in [0.1, 0.15) is 37.1 Å². The van der Waals surface area contributed by atoms with Crippen LogP contribution in [0.5, 0.6) is 5.75 Å². The van der Waals surface area contributed by atoms with Gasteiger partial charge >= 0.3 is 0 Å². The monoisotopic (exact) mass is 588 g/mol. The second kappa shape index (κ2) is 10.7. The summed E-state index contributed by atoms with van der Waals surface area (Å²) in [6, 6.07) is 24.9. The van der Waals surface area contributed by atoms with Gasteiger partial charge in [0.05, 0.1) is 23.6 Å². The number of thioether (sulfide) groups is 1. The molecular formula is C32H32N2O3S3. The number of aromatic nitrogens is 1. The molecule has 5 nitrogen and oxygen atoms in total. The van der Waals surface area contributed by atoms with Crippen molar-refractivity contribution < 1.29 is 13.2 Å². The van der Waals surface area contributed by atoms with Crippen LogP contribution in [0.3, 0.4) is 0 Å². The van der Waals surface area contributed by atoms with E-state index in [1.54, 1.807) is 35.3 Å². The van der Waals surface area contributed by atoms with Crippen molar-refractivity contribution in [3.63, 3.8) is 0 Å². The largest absolute Gasteiger partial charge is 0.497 e. The molecule has 0 N–H and O–H groups in total. The molecule has 1 aromatic heterocycles.